The Morgan fingerprint density at radius 1 is 1.24 bits per heavy atom. The second kappa shape index (κ2) is 6.91. The minimum absolute atomic E-state index is 0.0173. The van der Waals surface area contributed by atoms with Crippen molar-refractivity contribution in [3.63, 3.8) is 0 Å². The van der Waals surface area contributed by atoms with E-state index in [9.17, 15) is 15.0 Å². The molecule has 21 heavy (non-hydrogen) atoms. The van der Waals surface area contributed by atoms with Gasteiger partial charge in [0.2, 0.25) is 0 Å². The fourth-order valence-electron chi connectivity index (χ4n) is 2.83. The number of rotatable bonds is 5. The van der Waals surface area contributed by atoms with Crippen molar-refractivity contribution < 1.29 is 15.0 Å². The lowest BCUT2D eigenvalue weighted by molar-refractivity contribution is 0.0885. The Bertz CT molecular complexity index is 494. The highest BCUT2D eigenvalue weighted by molar-refractivity contribution is 5.98. The molecule has 116 valence electrons. The van der Waals surface area contributed by atoms with Crippen LogP contribution in [0.15, 0.2) is 18.2 Å². The summed E-state index contributed by atoms with van der Waals surface area (Å²) in [6, 6.07) is 4.23. The van der Waals surface area contributed by atoms with Crippen LogP contribution >= 0.6 is 0 Å². The van der Waals surface area contributed by atoms with E-state index >= 15 is 0 Å². The normalized spacial score (nSPS) is 17.3. The second-order valence-corrected chi connectivity index (χ2v) is 6.11. The molecular weight excluding hydrogens is 268 g/mol. The second-order valence-electron chi connectivity index (χ2n) is 6.11. The summed E-state index contributed by atoms with van der Waals surface area (Å²) < 4.78 is 0. The van der Waals surface area contributed by atoms with E-state index in [1.807, 2.05) is 0 Å². The number of carbonyl (C=O) groups excluding carboxylic acids is 1. The van der Waals surface area contributed by atoms with Crippen molar-refractivity contribution in [2.75, 3.05) is 40.3 Å². The summed E-state index contributed by atoms with van der Waals surface area (Å²) in [5, 5.41) is 18.7. The van der Waals surface area contributed by atoms with Crippen molar-refractivity contribution in [1.82, 2.24) is 9.80 Å². The summed E-state index contributed by atoms with van der Waals surface area (Å²) >= 11 is 0. The molecule has 1 aliphatic heterocycles. The van der Waals surface area contributed by atoms with Crippen molar-refractivity contribution in [3.05, 3.63) is 23.8 Å². The largest absolute Gasteiger partial charge is 0.504 e. The molecule has 0 saturated carbocycles. The monoisotopic (exact) mass is 292 g/mol. The predicted octanol–water partition coefficient (Wildman–Crippen LogP) is 1.55. The zero-order valence-electron chi connectivity index (χ0n) is 12.7. The third kappa shape index (κ3) is 4.44. The molecule has 1 saturated heterocycles. The predicted molar refractivity (Wildman–Crippen MR) is 81.8 cm³/mol. The molecular formula is C16H24N2O3. The maximum absolute atomic E-state index is 12.2. The summed E-state index contributed by atoms with van der Waals surface area (Å²) in [7, 11) is 4.18. The number of phenols is 2. The van der Waals surface area contributed by atoms with E-state index in [0.29, 0.717) is 18.0 Å². The van der Waals surface area contributed by atoms with Crippen LogP contribution in [0.3, 0.4) is 0 Å². The zero-order valence-corrected chi connectivity index (χ0v) is 12.7. The van der Waals surface area contributed by atoms with Gasteiger partial charge in [-0.15, -0.1) is 0 Å². The molecule has 2 rings (SSSR count). The molecule has 0 atom stereocenters. The highest BCUT2D eigenvalue weighted by Crippen LogP contribution is 2.25. The van der Waals surface area contributed by atoms with Gasteiger partial charge < -0.3 is 15.1 Å². The summed E-state index contributed by atoms with van der Waals surface area (Å²) in [5.74, 6) is 0.252. The van der Waals surface area contributed by atoms with E-state index in [1.165, 1.54) is 12.1 Å². The molecule has 0 amide bonds. The van der Waals surface area contributed by atoms with E-state index in [4.69, 9.17) is 0 Å². The smallest absolute Gasteiger partial charge is 0.176 e. The SMILES string of the molecule is CN(C)CC1CCN(CC(=O)c2ccc(O)c(O)c2)CC1. The molecule has 5 heteroatoms. The van der Waals surface area contributed by atoms with Gasteiger partial charge in [0, 0.05) is 12.1 Å². The topological polar surface area (TPSA) is 64.0 Å². The lowest BCUT2D eigenvalue weighted by atomic mass is 9.96. The Labute approximate surface area is 125 Å². The van der Waals surface area contributed by atoms with Crippen LogP contribution in [0.4, 0.5) is 0 Å². The average Bonchev–Trinajstić information content (AvgIpc) is 2.43. The number of likely N-dealkylation sites (tertiary alicyclic amines) is 1. The molecule has 2 N–H and O–H groups in total. The molecule has 1 aliphatic rings. The Kier molecular flexibility index (Phi) is 5.20. The van der Waals surface area contributed by atoms with Crippen LogP contribution < -0.4 is 0 Å². The van der Waals surface area contributed by atoms with Gasteiger partial charge in [0.05, 0.1) is 6.54 Å². The third-order valence-corrected chi connectivity index (χ3v) is 4.00. The van der Waals surface area contributed by atoms with Crippen molar-refractivity contribution in [1.29, 1.82) is 0 Å². The summed E-state index contributed by atoms with van der Waals surface area (Å²) in [6.07, 6.45) is 2.23. The van der Waals surface area contributed by atoms with Crippen LogP contribution in [0.1, 0.15) is 23.2 Å². The molecule has 0 radical (unpaired) electrons. The van der Waals surface area contributed by atoms with Gasteiger partial charge in [-0.1, -0.05) is 0 Å². The maximum Gasteiger partial charge on any atom is 0.176 e. The first-order valence-corrected chi connectivity index (χ1v) is 7.38. The van der Waals surface area contributed by atoms with Gasteiger partial charge in [0.25, 0.3) is 0 Å². The number of aromatic hydroxyl groups is 2. The highest BCUT2D eigenvalue weighted by Gasteiger charge is 2.21. The minimum Gasteiger partial charge on any atom is -0.504 e. The van der Waals surface area contributed by atoms with E-state index < -0.39 is 0 Å². The molecule has 0 bridgehead atoms. The van der Waals surface area contributed by atoms with Gasteiger partial charge in [0.1, 0.15) is 0 Å². The third-order valence-electron chi connectivity index (χ3n) is 4.00. The Balaban J connectivity index is 1.85. The fraction of sp³-hybridized carbons (Fsp3) is 0.562. The molecule has 1 fully saturated rings. The fourth-order valence-corrected chi connectivity index (χ4v) is 2.83. The first-order valence-electron chi connectivity index (χ1n) is 7.38. The number of piperidine rings is 1. The number of benzene rings is 1. The molecule has 0 aliphatic carbocycles. The molecule has 0 spiro atoms. The van der Waals surface area contributed by atoms with Gasteiger partial charge in [0.15, 0.2) is 17.3 Å². The number of phenolic OH excluding ortho intramolecular Hbond substituents is 2. The molecule has 1 heterocycles. The van der Waals surface area contributed by atoms with Crippen molar-refractivity contribution in [3.8, 4) is 11.5 Å². The van der Waals surface area contributed by atoms with Gasteiger partial charge >= 0.3 is 0 Å². The van der Waals surface area contributed by atoms with E-state index in [0.717, 1.165) is 32.5 Å². The minimum atomic E-state index is -0.245. The van der Waals surface area contributed by atoms with Crippen LogP contribution in [-0.2, 0) is 0 Å². The first-order chi connectivity index (χ1) is 9.95. The molecule has 1 aromatic rings. The first kappa shape index (κ1) is 15.8. The molecule has 0 aromatic heterocycles. The van der Waals surface area contributed by atoms with Gasteiger partial charge in [-0.3, -0.25) is 9.69 Å². The number of carbonyl (C=O) groups is 1. The Morgan fingerprint density at radius 3 is 2.48 bits per heavy atom. The zero-order chi connectivity index (χ0) is 15.4. The van der Waals surface area contributed by atoms with E-state index in [2.05, 4.69) is 23.9 Å². The molecule has 1 aromatic carbocycles. The number of ketones is 1. The van der Waals surface area contributed by atoms with Crippen LogP contribution in [0.25, 0.3) is 0 Å². The van der Waals surface area contributed by atoms with Crippen molar-refractivity contribution in [2.24, 2.45) is 5.92 Å². The van der Waals surface area contributed by atoms with Crippen LogP contribution in [0, 0.1) is 5.92 Å². The Hall–Kier alpha value is -1.59. The maximum atomic E-state index is 12.2. The molecule has 0 unspecified atom stereocenters. The quantitative estimate of drug-likeness (QED) is 0.637. The highest BCUT2D eigenvalue weighted by atomic mass is 16.3. The van der Waals surface area contributed by atoms with Crippen LogP contribution in [0.2, 0.25) is 0 Å². The number of nitrogens with zero attached hydrogens (tertiary/aromatic N) is 2. The van der Waals surface area contributed by atoms with E-state index in [1.54, 1.807) is 6.07 Å². The number of hydrogen-bond acceptors (Lipinski definition) is 5. The average molecular weight is 292 g/mol. The summed E-state index contributed by atoms with van der Waals surface area (Å²) in [6.45, 7) is 3.36. The van der Waals surface area contributed by atoms with Crippen LogP contribution in [-0.4, -0.2) is 66.1 Å². The summed E-state index contributed by atoms with van der Waals surface area (Å²) in [5.41, 5.74) is 0.445. The lowest BCUT2D eigenvalue weighted by Crippen LogP contribution is -2.39. The van der Waals surface area contributed by atoms with Crippen LogP contribution in [0.5, 0.6) is 11.5 Å². The number of Topliss-reactive ketones (excluding diaryl/α,β-unsaturated/α-hetero) is 1. The number of hydrogen-bond donors (Lipinski definition) is 2. The van der Waals surface area contributed by atoms with Gasteiger partial charge in [-0.2, -0.15) is 0 Å². The van der Waals surface area contributed by atoms with Crippen molar-refractivity contribution >= 4 is 5.78 Å². The Morgan fingerprint density at radius 2 is 1.90 bits per heavy atom. The summed E-state index contributed by atoms with van der Waals surface area (Å²) in [4.78, 5) is 16.6. The standard InChI is InChI=1S/C16H24N2O3/c1-17(2)10-12-5-7-18(8-6-12)11-16(21)13-3-4-14(19)15(20)9-13/h3-4,9,12,19-20H,5-8,10-11H2,1-2H3. The van der Waals surface area contributed by atoms with Gasteiger partial charge in [-0.05, 0) is 64.1 Å². The lowest BCUT2D eigenvalue weighted by Gasteiger charge is -2.32. The van der Waals surface area contributed by atoms with E-state index in [-0.39, 0.29) is 17.3 Å². The molecule has 5 nitrogen and oxygen atoms in total. The van der Waals surface area contributed by atoms with Gasteiger partial charge in [-0.25, -0.2) is 0 Å². The van der Waals surface area contributed by atoms with Crippen molar-refractivity contribution in [2.45, 2.75) is 12.8 Å².